The molecule has 1 aliphatic rings. The Morgan fingerprint density at radius 2 is 2.16 bits per heavy atom. The van der Waals surface area contributed by atoms with Crippen molar-refractivity contribution in [1.82, 2.24) is 0 Å². The number of nitrogens with two attached hydrogens (primary N) is 1. The van der Waals surface area contributed by atoms with Gasteiger partial charge in [0.2, 0.25) is 0 Å². The van der Waals surface area contributed by atoms with Crippen molar-refractivity contribution in [2.75, 3.05) is 12.4 Å². The molecule has 3 N–H and O–H groups in total. The van der Waals surface area contributed by atoms with Crippen molar-refractivity contribution < 1.29 is 9.66 Å². The fourth-order valence-corrected chi connectivity index (χ4v) is 2.46. The Balaban J connectivity index is 2.23. The molecule has 6 nitrogen and oxygen atoms in total. The number of rotatable bonds is 4. The minimum Gasteiger partial charge on any atom is -0.497 e. The maximum atomic E-state index is 11.0. The Labute approximate surface area is 112 Å². The molecule has 19 heavy (non-hydrogen) atoms. The molecule has 0 spiro atoms. The normalized spacial score (nSPS) is 22.8. The van der Waals surface area contributed by atoms with Crippen LogP contribution in [0.25, 0.3) is 0 Å². The molecule has 2 rings (SSSR count). The second-order valence-corrected chi connectivity index (χ2v) is 4.84. The van der Waals surface area contributed by atoms with Crippen LogP contribution in [0.2, 0.25) is 0 Å². The minimum atomic E-state index is -0.393. The lowest BCUT2D eigenvalue weighted by atomic mass is 9.91. The van der Waals surface area contributed by atoms with E-state index in [2.05, 4.69) is 5.32 Å². The number of benzene rings is 1. The number of nitrogens with one attached hydrogen (secondary N) is 1. The molecule has 1 aliphatic carbocycles. The molecule has 0 radical (unpaired) electrons. The lowest BCUT2D eigenvalue weighted by Gasteiger charge is -2.30. The highest BCUT2D eigenvalue weighted by molar-refractivity contribution is 5.64. The van der Waals surface area contributed by atoms with Crippen molar-refractivity contribution in [3.8, 4) is 5.75 Å². The van der Waals surface area contributed by atoms with Crippen molar-refractivity contribution in [3.63, 3.8) is 0 Å². The Bertz CT molecular complexity index is 464. The van der Waals surface area contributed by atoms with Crippen LogP contribution in [0.5, 0.6) is 5.75 Å². The summed E-state index contributed by atoms with van der Waals surface area (Å²) >= 11 is 0. The number of hydrogen-bond donors (Lipinski definition) is 2. The number of hydrogen-bond acceptors (Lipinski definition) is 5. The van der Waals surface area contributed by atoms with Gasteiger partial charge in [0.1, 0.15) is 11.4 Å². The van der Waals surface area contributed by atoms with Gasteiger partial charge in [0.05, 0.1) is 12.0 Å². The number of nitro groups is 1. The summed E-state index contributed by atoms with van der Waals surface area (Å²) in [6.45, 7) is 0. The van der Waals surface area contributed by atoms with E-state index in [4.69, 9.17) is 10.5 Å². The monoisotopic (exact) mass is 265 g/mol. The molecule has 1 fully saturated rings. The molecule has 104 valence electrons. The van der Waals surface area contributed by atoms with Gasteiger partial charge >= 0.3 is 0 Å². The molecule has 0 saturated heterocycles. The first-order valence-corrected chi connectivity index (χ1v) is 6.46. The van der Waals surface area contributed by atoms with Gasteiger partial charge in [-0.3, -0.25) is 10.1 Å². The second-order valence-electron chi connectivity index (χ2n) is 4.84. The average molecular weight is 265 g/mol. The number of methoxy groups -OCH3 is 1. The molecular formula is C13H19N3O3. The number of anilines is 1. The van der Waals surface area contributed by atoms with E-state index in [1.807, 2.05) is 0 Å². The van der Waals surface area contributed by atoms with Gasteiger partial charge in [-0.1, -0.05) is 12.8 Å². The smallest absolute Gasteiger partial charge is 0.292 e. The van der Waals surface area contributed by atoms with Crippen molar-refractivity contribution >= 4 is 11.4 Å². The number of ether oxygens (including phenoxy) is 1. The zero-order valence-electron chi connectivity index (χ0n) is 11.0. The number of nitro benzene ring substituents is 1. The SMILES string of the molecule is COc1ccc([N+](=O)[O-])c(NC2CCCCC2N)c1. The first kappa shape index (κ1) is 13.6. The highest BCUT2D eigenvalue weighted by Gasteiger charge is 2.24. The topological polar surface area (TPSA) is 90.4 Å². The van der Waals surface area contributed by atoms with E-state index in [1.54, 1.807) is 12.1 Å². The lowest BCUT2D eigenvalue weighted by Crippen LogP contribution is -2.42. The van der Waals surface area contributed by atoms with Gasteiger partial charge < -0.3 is 15.8 Å². The molecule has 0 amide bonds. The van der Waals surface area contributed by atoms with Crippen LogP contribution in [0, 0.1) is 10.1 Å². The first-order valence-electron chi connectivity index (χ1n) is 6.46. The predicted octanol–water partition coefficient (Wildman–Crippen LogP) is 2.29. The second kappa shape index (κ2) is 5.88. The third kappa shape index (κ3) is 3.14. The molecule has 2 unspecified atom stereocenters. The quantitative estimate of drug-likeness (QED) is 0.644. The van der Waals surface area contributed by atoms with Crippen LogP contribution in [0.15, 0.2) is 18.2 Å². The summed E-state index contributed by atoms with van der Waals surface area (Å²) in [6.07, 6.45) is 4.12. The minimum absolute atomic E-state index is 0.0413. The Morgan fingerprint density at radius 3 is 2.79 bits per heavy atom. The zero-order valence-corrected chi connectivity index (χ0v) is 11.0. The molecule has 1 aromatic rings. The van der Waals surface area contributed by atoms with Crippen LogP contribution in [0.1, 0.15) is 25.7 Å². The summed E-state index contributed by atoms with van der Waals surface area (Å²) in [5.74, 6) is 0.595. The van der Waals surface area contributed by atoms with Crippen LogP contribution >= 0.6 is 0 Å². The third-order valence-corrected chi connectivity index (χ3v) is 3.56. The summed E-state index contributed by atoms with van der Waals surface area (Å²) in [5.41, 5.74) is 6.59. The highest BCUT2D eigenvalue weighted by atomic mass is 16.6. The molecule has 0 aromatic heterocycles. The van der Waals surface area contributed by atoms with Crippen molar-refractivity contribution in [3.05, 3.63) is 28.3 Å². The molecule has 0 aliphatic heterocycles. The number of nitrogens with zero attached hydrogens (tertiary/aromatic N) is 1. The van der Waals surface area contributed by atoms with Gasteiger partial charge in [0.15, 0.2) is 0 Å². The highest BCUT2D eigenvalue weighted by Crippen LogP contribution is 2.31. The van der Waals surface area contributed by atoms with Gasteiger partial charge in [-0.15, -0.1) is 0 Å². The maximum absolute atomic E-state index is 11.0. The van der Waals surface area contributed by atoms with Crippen LogP contribution < -0.4 is 15.8 Å². The van der Waals surface area contributed by atoms with Crippen molar-refractivity contribution in [1.29, 1.82) is 0 Å². The zero-order chi connectivity index (χ0) is 13.8. The van der Waals surface area contributed by atoms with Gasteiger partial charge in [-0.2, -0.15) is 0 Å². The lowest BCUT2D eigenvalue weighted by molar-refractivity contribution is -0.384. The molecule has 1 saturated carbocycles. The van der Waals surface area contributed by atoms with E-state index in [1.165, 1.54) is 13.2 Å². The predicted molar refractivity (Wildman–Crippen MR) is 73.5 cm³/mol. The fourth-order valence-electron chi connectivity index (χ4n) is 2.46. The summed E-state index contributed by atoms with van der Waals surface area (Å²) in [5, 5.41) is 14.2. The fraction of sp³-hybridized carbons (Fsp3) is 0.538. The summed E-state index contributed by atoms with van der Waals surface area (Å²) in [6, 6.07) is 4.82. The Hall–Kier alpha value is -1.82. The van der Waals surface area contributed by atoms with E-state index in [0.717, 1.165) is 25.7 Å². The first-order chi connectivity index (χ1) is 9.11. The molecular weight excluding hydrogens is 246 g/mol. The molecule has 0 heterocycles. The Kier molecular flexibility index (Phi) is 4.21. The molecule has 1 aromatic carbocycles. The van der Waals surface area contributed by atoms with E-state index >= 15 is 0 Å². The van der Waals surface area contributed by atoms with E-state index in [0.29, 0.717) is 11.4 Å². The maximum Gasteiger partial charge on any atom is 0.292 e. The van der Waals surface area contributed by atoms with Crippen LogP contribution in [0.3, 0.4) is 0 Å². The Morgan fingerprint density at radius 1 is 1.42 bits per heavy atom. The summed E-state index contributed by atoms with van der Waals surface area (Å²) < 4.78 is 5.11. The van der Waals surface area contributed by atoms with E-state index in [-0.39, 0.29) is 17.8 Å². The largest absolute Gasteiger partial charge is 0.497 e. The standard InChI is InChI=1S/C13H19N3O3/c1-19-9-6-7-13(16(17)18)12(8-9)15-11-5-3-2-4-10(11)14/h6-8,10-11,15H,2-5,14H2,1H3. The van der Waals surface area contributed by atoms with Gasteiger partial charge in [0.25, 0.3) is 5.69 Å². The van der Waals surface area contributed by atoms with Crippen molar-refractivity contribution in [2.24, 2.45) is 5.73 Å². The molecule has 6 heteroatoms. The summed E-state index contributed by atoms with van der Waals surface area (Å²) in [7, 11) is 1.54. The van der Waals surface area contributed by atoms with Gasteiger partial charge in [-0.05, 0) is 18.9 Å². The molecule has 0 bridgehead atoms. The van der Waals surface area contributed by atoms with Gasteiger partial charge in [0, 0.05) is 24.2 Å². The van der Waals surface area contributed by atoms with Crippen molar-refractivity contribution in [2.45, 2.75) is 37.8 Å². The van der Waals surface area contributed by atoms with Crippen LogP contribution in [-0.2, 0) is 0 Å². The van der Waals surface area contributed by atoms with Crippen LogP contribution in [0.4, 0.5) is 11.4 Å². The van der Waals surface area contributed by atoms with E-state index < -0.39 is 4.92 Å². The average Bonchev–Trinajstić information content (AvgIpc) is 2.41. The van der Waals surface area contributed by atoms with Gasteiger partial charge in [-0.25, -0.2) is 0 Å². The van der Waals surface area contributed by atoms with E-state index in [9.17, 15) is 10.1 Å². The summed E-state index contributed by atoms with van der Waals surface area (Å²) in [4.78, 5) is 10.6. The molecule has 2 atom stereocenters. The third-order valence-electron chi connectivity index (χ3n) is 3.56. The van der Waals surface area contributed by atoms with Crippen LogP contribution in [-0.4, -0.2) is 24.1 Å².